The van der Waals surface area contributed by atoms with Crippen molar-refractivity contribution in [3.63, 3.8) is 0 Å². The first kappa shape index (κ1) is 19.8. The van der Waals surface area contributed by atoms with E-state index in [1.54, 1.807) is 0 Å². The third-order valence-corrected chi connectivity index (χ3v) is 3.37. The molecular weight excluding hydrogens is 342 g/mol. The third-order valence-electron chi connectivity index (χ3n) is 3.04. The van der Waals surface area contributed by atoms with E-state index in [1.807, 2.05) is 0 Å². The number of nitro benzene ring substituents is 1. The lowest BCUT2D eigenvalue weighted by molar-refractivity contribution is -0.384. The van der Waals surface area contributed by atoms with Crippen molar-refractivity contribution in [3.05, 3.63) is 33.3 Å². The Hall–Kier alpha value is -2.23. The van der Waals surface area contributed by atoms with E-state index in [0.29, 0.717) is 19.6 Å². The number of amides is 1. The van der Waals surface area contributed by atoms with E-state index in [4.69, 9.17) is 21.4 Å². The van der Waals surface area contributed by atoms with Crippen LogP contribution in [0.5, 0.6) is 0 Å². The molecule has 0 unspecified atom stereocenters. The summed E-state index contributed by atoms with van der Waals surface area (Å²) in [4.78, 5) is 33.3. The number of hydrogen-bond donors (Lipinski definition) is 3. The number of carbonyl (C=O) groups is 2. The Morgan fingerprint density at radius 1 is 1.46 bits per heavy atom. The summed E-state index contributed by atoms with van der Waals surface area (Å²) >= 11 is 5.88. The van der Waals surface area contributed by atoms with Crippen LogP contribution in [0.3, 0.4) is 0 Å². The summed E-state index contributed by atoms with van der Waals surface area (Å²) in [6.07, 6.45) is 0.250. The number of rotatable bonds is 10. The number of aliphatic carboxylic acids is 1. The molecule has 10 heteroatoms. The maximum Gasteiger partial charge on any atom is 0.321 e. The Bertz CT molecular complexity index is 610. The molecule has 0 fully saturated rings. The first-order valence-corrected chi connectivity index (χ1v) is 7.42. The topological polar surface area (TPSA) is 131 Å². The van der Waals surface area contributed by atoms with Crippen LogP contribution in [0.4, 0.5) is 11.4 Å². The Morgan fingerprint density at radius 2 is 2.17 bits per heavy atom. The Morgan fingerprint density at radius 3 is 2.75 bits per heavy atom. The summed E-state index contributed by atoms with van der Waals surface area (Å²) in [5.74, 6) is -1.79. The van der Waals surface area contributed by atoms with Gasteiger partial charge in [0.25, 0.3) is 5.69 Å². The van der Waals surface area contributed by atoms with Gasteiger partial charge in [0.2, 0.25) is 5.91 Å². The Kier molecular flexibility index (Phi) is 8.10. The smallest absolute Gasteiger partial charge is 0.321 e. The summed E-state index contributed by atoms with van der Waals surface area (Å²) in [6, 6.07) is 2.52. The maximum atomic E-state index is 12.0. The van der Waals surface area contributed by atoms with Gasteiger partial charge in [-0.05, 0) is 19.0 Å². The highest BCUT2D eigenvalue weighted by molar-refractivity contribution is 6.33. The number of nitrogens with zero attached hydrogens (tertiary/aromatic N) is 1. The van der Waals surface area contributed by atoms with Crippen LogP contribution in [0.25, 0.3) is 0 Å². The molecule has 3 N–H and O–H groups in total. The van der Waals surface area contributed by atoms with Gasteiger partial charge in [-0.1, -0.05) is 11.6 Å². The lowest BCUT2D eigenvalue weighted by Gasteiger charge is -2.14. The molecule has 132 valence electrons. The Balaban J connectivity index is 2.67. The average Bonchev–Trinajstić information content (AvgIpc) is 2.52. The molecule has 1 aromatic carbocycles. The summed E-state index contributed by atoms with van der Waals surface area (Å²) in [7, 11) is 1.53. The number of ether oxygens (including phenoxy) is 1. The zero-order valence-electron chi connectivity index (χ0n) is 13.0. The lowest BCUT2D eigenvalue weighted by atomic mass is 10.2. The van der Waals surface area contributed by atoms with E-state index in [1.165, 1.54) is 19.2 Å². The quantitative estimate of drug-likeness (QED) is 0.329. The second kappa shape index (κ2) is 9.81. The van der Waals surface area contributed by atoms with E-state index in [-0.39, 0.29) is 22.8 Å². The van der Waals surface area contributed by atoms with Gasteiger partial charge < -0.3 is 20.5 Å². The van der Waals surface area contributed by atoms with E-state index in [0.717, 1.165) is 6.07 Å². The van der Waals surface area contributed by atoms with Crippen molar-refractivity contribution in [2.24, 2.45) is 0 Å². The Labute approximate surface area is 143 Å². The normalized spacial score (nSPS) is 11.8. The molecule has 1 amide bonds. The largest absolute Gasteiger partial charge is 0.480 e. The second-order valence-electron chi connectivity index (χ2n) is 4.86. The van der Waals surface area contributed by atoms with Gasteiger partial charge in [-0.25, -0.2) is 0 Å². The fourth-order valence-corrected chi connectivity index (χ4v) is 2.01. The highest BCUT2D eigenvalue weighted by Crippen LogP contribution is 2.26. The average molecular weight is 360 g/mol. The molecule has 0 bridgehead atoms. The number of halogens is 1. The van der Waals surface area contributed by atoms with Crippen LogP contribution in [0.2, 0.25) is 5.02 Å². The van der Waals surface area contributed by atoms with Crippen molar-refractivity contribution < 1.29 is 24.4 Å². The van der Waals surface area contributed by atoms with Gasteiger partial charge in [0.1, 0.15) is 6.04 Å². The summed E-state index contributed by atoms with van der Waals surface area (Å²) < 4.78 is 4.85. The molecule has 0 heterocycles. The standard InChI is InChI=1S/C14H18ClN3O6/c1-24-6-2-5-16-12(14(20)21)8-13(19)17-11-7-9(18(22)23)3-4-10(11)15/h3-4,7,12,16H,2,5-6,8H2,1H3,(H,17,19)(H,20,21)/t12-/m1/s1. The van der Waals surface area contributed by atoms with E-state index in [2.05, 4.69) is 10.6 Å². The fourth-order valence-electron chi connectivity index (χ4n) is 1.85. The van der Waals surface area contributed by atoms with Crippen LogP contribution in [-0.2, 0) is 14.3 Å². The molecular formula is C14H18ClN3O6. The number of non-ortho nitro benzene ring substituents is 1. The van der Waals surface area contributed by atoms with Crippen LogP contribution in [-0.4, -0.2) is 48.2 Å². The summed E-state index contributed by atoms with van der Waals surface area (Å²) in [5.41, 5.74) is -0.179. The van der Waals surface area contributed by atoms with Gasteiger partial charge in [-0.2, -0.15) is 0 Å². The molecule has 0 aliphatic heterocycles. The maximum absolute atomic E-state index is 12.0. The number of nitro groups is 1. The van der Waals surface area contributed by atoms with E-state index in [9.17, 15) is 19.7 Å². The van der Waals surface area contributed by atoms with Gasteiger partial charge in [-0.15, -0.1) is 0 Å². The van der Waals surface area contributed by atoms with E-state index < -0.39 is 22.8 Å². The van der Waals surface area contributed by atoms with Gasteiger partial charge >= 0.3 is 5.97 Å². The van der Waals surface area contributed by atoms with Crippen molar-refractivity contribution in [1.29, 1.82) is 0 Å². The highest BCUT2D eigenvalue weighted by Gasteiger charge is 2.21. The molecule has 1 aromatic rings. The highest BCUT2D eigenvalue weighted by atomic mass is 35.5. The number of anilines is 1. The zero-order valence-corrected chi connectivity index (χ0v) is 13.7. The molecule has 0 saturated carbocycles. The minimum absolute atomic E-state index is 0.0550. The van der Waals surface area contributed by atoms with E-state index >= 15 is 0 Å². The van der Waals surface area contributed by atoms with Crippen LogP contribution < -0.4 is 10.6 Å². The first-order valence-electron chi connectivity index (χ1n) is 7.04. The molecule has 24 heavy (non-hydrogen) atoms. The third kappa shape index (κ3) is 6.49. The van der Waals surface area contributed by atoms with Crippen LogP contribution in [0.1, 0.15) is 12.8 Å². The summed E-state index contributed by atoms with van der Waals surface area (Å²) in [6.45, 7) is 0.838. The molecule has 1 atom stereocenters. The molecule has 0 aliphatic rings. The molecule has 0 radical (unpaired) electrons. The van der Waals surface area contributed by atoms with Crippen molar-refractivity contribution in [1.82, 2.24) is 5.32 Å². The number of benzene rings is 1. The second-order valence-corrected chi connectivity index (χ2v) is 5.27. The monoisotopic (exact) mass is 359 g/mol. The molecule has 0 aromatic heterocycles. The molecule has 0 spiro atoms. The summed E-state index contributed by atoms with van der Waals surface area (Å²) in [5, 5.41) is 25.1. The minimum atomic E-state index is -1.17. The lowest BCUT2D eigenvalue weighted by Crippen LogP contribution is -2.40. The molecule has 0 saturated heterocycles. The number of carboxylic acids is 1. The predicted octanol–water partition coefficient (Wildman–Crippen LogP) is 1.66. The number of hydrogen-bond acceptors (Lipinski definition) is 6. The number of methoxy groups -OCH3 is 1. The van der Waals surface area contributed by atoms with Gasteiger partial charge in [0.05, 0.1) is 22.1 Å². The van der Waals surface area contributed by atoms with Gasteiger partial charge in [-0.3, -0.25) is 19.7 Å². The van der Waals surface area contributed by atoms with Crippen molar-refractivity contribution in [2.45, 2.75) is 18.9 Å². The van der Waals surface area contributed by atoms with Crippen molar-refractivity contribution in [2.75, 3.05) is 25.6 Å². The van der Waals surface area contributed by atoms with Gasteiger partial charge in [0, 0.05) is 25.8 Å². The molecule has 9 nitrogen and oxygen atoms in total. The van der Waals surface area contributed by atoms with Crippen molar-refractivity contribution in [3.8, 4) is 0 Å². The SMILES string of the molecule is COCCCN[C@H](CC(=O)Nc1cc([N+](=O)[O-])ccc1Cl)C(=O)O. The van der Waals surface area contributed by atoms with Crippen LogP contribution >= 0.6 is 11.6 Å². The zero-order chi connectivity index (χ0) is 18.1. The number of carboxylic acid groups (broad SMARTS) is 1. The number of nitrogens with one attached hydrogen (secondary N) is 2. The number of carbonyl (C=O) groups excluding carboxylic acids is 1. The fraction of sp³-hybridized carbons (Fsp3) is 0.429. The first-order chi connectivity index (χ1) is 11.3. The molecule has 0 aliphatic carbocycles. The van der Waals surface area contributed by atoms with Gasteiger partial charge in [0.15, 0.2) is 0 Å². The minimum Gasteiger partial charge on any atom is -0.480 e. The van der Waals surface area contributed by atoms with Crippen molar-refractivity contribution >= 4 is 34.9 Å². The molecule has 1 rings (SSSR count). The van der Waals surface area contributed by atoms with Crippen LogP contribution in [0.15, 0.2) is 18.2 Å². The predicted molar refractivity (Wildman–Crippen MR) is 87.3 cm³/mol. The van der Waals surface area contributed by atoms with Crippen LogP contribution in [0, 0.1) is 10.1 Å².